The van der Waals surface area contributed by atoms with E-state index >= 15 is 0 Å². The molecule has 3 aromatic rings. The van der Waals surface area contributed by atoms with Gasteiger partial charge in [-0.25, -0.2) is 0 Å². The minimum atomic E-state index is -0.577. The first kappa shape index (κ1) is 18.1. The van der Waals surface area contributed by atoms with Gasteiger partial charge < -0.3 is 19.4 Å². The summed E-state index contributed by atoms with van der Waals surface area (Å²) in [6, 6.07) is 18.0. The third-order valence-electron chi connectivity index (χ3n) is 3.81. The van der Waals surface area contributed by atoms with Gasteiger partial charge in [-0.05, 0) is 29.8 Å². The average Bonchev–Trinajstić information content (AvgIpc) is 2.69. The van der Waals surface area contributed by atoms with E-state index in [4.69, 9.17) is 9.15 Å². The number of benzene rings is 2. The molecular weight excluding hydrogens is 352 g/mol. The molecule has 2 N–H and O–H groups in total. The Hall–Kier alpha value is -2.70. The largest absolute Gasteiger partial charge is 0.502 e. The van der Waals surface area contributed by atoms with Crippen LogP contribution in [0.5, 0.6) is 11.5 Å². The number of ether oxygens (including phenoxy) is 1. The highest BCUT2D eigenvalue weighted by Gasteiger charge is 2.24. The minimum Gasteiger partial charge on any atom is -0.502 e. The smallest absolute Gasteiger partial charge is 0.227 e. The first-order chi connectivity index (χ1) is 12.6. The molecule has 134 valence electrons. The number of aromatic hydroxyl groups is 1. The van der Waals surface area contributed by atoms with Crippen LogP contribution in [0.3, 0.4) is 0 Å². The van der Waals surface area contributed by atoms with Crippen LogP contribution in [-0.2, 0) is 6.61 Å². The third-order valence-corrected chi connectivity index (χ3v) is 5.08. The monoisotopic (exact) mass is 370 g/mol. The Bertz CT molecular complexity index is 919. The van der Waals surface area contributed by atoms with Gasteiger partial charge in [0.1, 0.15) is 18.1 Å². The van der Waals surface area contributed by atoms with Crippen molar-refractivity contribution in [2.75, 3.05) is 7.11 Å². The molecule has 1 heterocycles. The summed E-state index contributed by atoms with van der Waals surface area (Å²) < 4.78 is 10.8. The molecule has 5 nitrogen and oxygen atoms in total. The molecule has 1 aromatic heterocycles. The van der Waals surface area contributed by atoms with Crippen molar-refractivity contribution in [3.63, 3.8) is 0 Å². The van der Waals surface area contributed by atoms with E-state index in [-0.39, 0.29) is 11.5 Å². The zero-order valence-electron chi connectivity index (χ0n) is 14.1. The van der Waals surface area contributed by atoms with Crippen molar-refractivity contribution in [2.45, 2.75) is 16.8 Å². The van der Waals surface area contributed by atoms with E-state index in [9.17, 15) is 15.0 Å². The van der Waals surface area contributed by atoms with Crippen molar-refractivity contribution in [1.29, 1.82) is 0 Å². The molecule has 2 aromatic carbocycles. The predicted octanol–water partition coefficient (Wildman–Crippen LogP) is 3.73. The zero-order valence-corrected chi connectivity index (χ0v) is 14.9. The topological polar surface area (TPSA) is 79.9 Å². The number of hydrogen-bond acceptors (Lipinski definition) is 6. The summed E-state index contributed by atoms with van der Waals surface area (Å²) in [5.74, 6) is 0.520. The van der Waals surface area contributed by atoms with Crippen LogP contribution in [0, 0.1) is 0 Å². The Morgan fingerprint density at radius 1 is 1.12 bits per heavy atom. The highest BCUT2D eigenvalue weighted by atomic mass is 32.2. The molecule has 0 saturated heterocycles. The van der Waals surface area contributed by atoms with Crippen molar-refractivity contribution < 1.29 is 19.4 Å². The fraction of sp³-hybridized carbons (Fsp3) is 0.150. The van der Waals surface area contributed by atoms with Crippen molar-refractivity contribution in [3.8, 4) is 11.5 Å². The highest BCUT2D eigenvalue weighted by Crippen LogP contribution is 2.43. The average molecular weight is 370 g/mol. The summed E-state index contributed by atoms with van der Waals surface area (Å²) >= 11 is 1.43. The molecule has 0 amide bonds. The number of thioether (sulfide) groups is 1. The quantitative estimate of drug-likeness (QED) is 0.644. The molecule has 3 rings (SSSR count). The SMILES string of the molecule is COc1ccc(SC(c2ccccc2)c2oc(CO)cc(=O)c2O)cc1. The lowest BCUT2D eigenvalue weighted by atomic mass is 10.1. The highest BCUT2D eigenvalue weighted by molar-refractivity contribution is 7.99. The van der Waals surface area contributed by atoms with Gasteiger partial charge in [-0.3, -0.25) is 4.79 Å². The number of rotatable bonds is 6. The maximum absolute atomic E-state index is 12.0. The third kappa shape index (κ3) is 3.92. The van der Waals surface area contributed by atoms with Crippen LogP contribution in [0.25, 0.3) is 0 Å². The second kappa shape index (κ2) is 8.12. The van der Waals surface area contributed by atoms with E-state index in [1.165, 1.54) is 11.8 Å². The number of hydrogen-bond donors (Lipinski definition) is 2. The Morgan fingerprint density at radius 2 is 1.81 bits per heavy atom. The molecule has 0 aliphatic rings. The molecule has 26 heavy (non-hydrogen) atoms. The standard InChI is InChI=1S/C20H18O5S/c1-24-14-7-9-16(10-8-14)26-20(13-5-3-2-4-6-13)19-18(23)17(22)11-15(12-21)25-19/h2-11,20-21,23H,12H2,1H3. The van der Waals surface area contributed by atoms with E-state index in [0.29, 0.717) is 0 Å². The van der Waals surface area contributed by atoms with Gasteiger partial charge in [-0.15, -0.1) is 11.8 Å². The lowest BCUT2D eigenvalue weighted by molar-refractivity contribution is 0.236. The number of aliphatic hydroxyl groups is 1. The number of aliphatic hydroxyl groups excluding tert-OH is 1. The normalized spacial score (nSPS) is 11.9. The van der Waals surface area contributed by atoms with Crippen LogP contribution in [0.15, 0.2) is 74.8 Å². The van der Waals surface area contributed by atoms with Crippen molar-refractivity contribution in [1.82, 2.24) is 0 Å². The summed E-state index contributed by atoms with van der Waals surface area (Å²) in [6.07, 6.45) is 0. The first-order valence-electron chi connectivity index (χ1n) is 7.94. The lowest BCUT2D eigenvalue weighted by Gasteiger charge is -2.18. The fourth-order valence-electron chi connectivity index (χ4n) is 2.50. The molecule has 0 saturated carbocycles. The molecule has 0 fully saturated rings. The van der Waals surface area contributed by atoms with Crippen LogP contribution in [0.1, 0.15) is 22.3 Å². The first-order valence-corrected chi connectivity index (χ1v) is 8.82. The summed E-state index contributed by atoms with van der Waals surface area (Å²) in [6.45, 7) is -0.419. The molecule has 1 atom stereocenters. The molecule has 6 heteroatoms. The van der Waals surface area contributed by atoms with Crippen molar-refractivity contribution in [2.24, 2.45) is 0 Å². The number of methoxy groups -OCH3 is 1. The molecule has 0 spiro atoms. The van der Waals surface area contributed by atoms with Crippen LogP contribution in [0.4, 0.5) is 0 Å². The molecule has 0 aliphatic heterocycles. The van der Waals surface area contributed by atoms with E-state index in [0.717, 1.165) is 22.3 Å². The molecular formula is C20H18O5S. The lowest BCUT2D eigenvalue weighted by Crippen LogP contribution is -2.08. The maximum Gasteiger partial charge on any atom is 0.227 e. The van der Waals surface area contributed by atoms with Gasteiger partial charge in [0.2, 0.25) is 11.2 Å². The second-order valence-electron chi connectivity index (χ2n) is 5.53. The van der Waals surface area contributed by atoms with Gasteiger partial charge in [0, 0.05) is 11.0 Å². The maximum atomic E-state index is 12.0. The van der Waals surface area contributed by atoms with Gasteiger partial charge in [-0.1, -0.05) is 30.3 Å². The Morgan fingerprint density at radius 3 is 2.42 bits per heavy atom. The van der Waals surface area contributed by atoms with Gasteiger partial charge in [0.15, 0.2) is 5.76 Å². The van der Waals surface area contributed by atoms with Crippen LogP contribution in [-0.4, -0.2) is 17.3 Å². The van der Waals surface area contributed by atoms with Crippen LogP contribution >= 0.6 is 11.8 Å². The summed E-state index contributed by atoms with van der Waals surface area (Å²) in [4.78, 5) is 13.0. The van der Waals surface area contributed by atoms with Gasteiger partial charge in [0.05, 0.1) is 12.4 Å². The van der Waals surface area contributed by atoms with E-state index < -0.39 is 23.0 Å². The van der Waals surface area contributed by atoms with Crippen molar-refractivity contribution in [3.05, 3.63) is 88.0 Å². The zero-order chi connectivity index (χ0) is 18.5. The van der Waals surface area contributed by atoms with Crippen molar-refractivity contribution >= 4 is 11.8 Å². The van der Waals surface area contributed by atoms with E-state index in [1.807, 2.05) is 54.6 Å². The van der Waals surface area contributed by atoms with E-state index in [2.05, 4.69) is 0 Å². The predicted molar refractivity (Wildman–Crippen MR) is 99.7 cm³/mol. The van der Waals surface area contributed by atoms with Gasteiger partial charge in [0.25, 0.3) is 0 Å². The Labute approximate surface area is 154 Å². The summed E-state index contributed by atoms with van der Waals surface area (Å²) in [5, 5.41) is 19.2. The minimum absolute atomic E-state index is 0.110. The Kier molecular flexibility index (Phi) is 5.65. The second-order valence-corrected chi connectivity index (χ2v) is 6.71. The molecule has 1 unspecified atom stereocenters. The Balaban J connectivity index is 2.07. The van der Waals surface area contributed by atoms with Crippen LogP contribution < -0.4 is 10.2 Å². The summed E-state index contributed by atoms with van der Waals surface area (Å²) in [7, 11) is 1.60. The molecule has 0 radical (unpaired) electrons. The van der Waals surface area contributed by atoms with Gasteiger partial charge >= 0.3 is 0 Å². The molecule has 0 bridgehead atoms. The fourth-order valence-corrected chi connectivity index (χ4v) is 3.63. The summed E-state index contributed by atoms with van der Waals surface area (Å²) in [5.41, 5.74) is 0.286. The van der Waals surface area contributed by atoms with Gasteiger partial charge in [-0.2, -0.15) is 0 Å². The molecule has 0 aliphatic carbocycles. The van der Waals surface area contributed by atoms with Crippen LogP contribution in [0.2, 0.25) is 0 Å². The van der Waals surface area contributed by atoms with E-state index in [1.54, 1.807) is 7.11 Å².